The SMILES string of the molecule is CCOc1cccc(CN2[C@H]3CCNC(=O)[C@H]3[C@H](c3cccc(Cl)c3F)[C@]2(C)C(=O)Nc2cccc(Cl)n2)c1. The third-order valence-corrected chi connectivity index (χ3v) is 8.22. The third kappa shape index (κ3) is 5.09. The van der Waals surface area contributed by atoms with Crippen LogP contribution in [-0.4, -0.2) is 46.4 Å². The predicted molar refractivity (Wildman–Crippen MR) is 148 cm³/mol. The minimum Gasteiger partial charge on any atom is -0.494 e. The van der Waals surface area contributed by atoms with Crippen molar-refractivity contribution in [2.24, 2.45) is 5.92 Å². The van der Waals surface area contributed by atoms with Gasteiger partial charge in [-0.15, -0.1) is 0 Å². The number of amides is 2. The molecule has 1 aromatic heterocycles. The maximum Gasteiger partial charge on any atom is 0.246 e. The molecule has 204 valence electrons. The average molecular weight is 571 g/mol. The highest BCUT2D eigenvalue weighted by atomic mass is 35.5. The predicted octanol–water partition coefficient (Wildman–Crippen LogP) is 5.43. The van der Waals surface area contributed by atoms with Gasteiger partial charge in [0.2, 0.25) is 11.8 Å². The molecule has 0 spiro atoms. The summed E-state index contributed by atoms with van der Waals surface area (Å²) >= 11 is 12.3. The average Bonchev–Trinajstić information content (AvgIpc) is 3.16. The van der Waals surface area contributed by atoms with Crippen LogP contribution in [-0.2, 0) is 16.1 Å². The number of ether oxygens (including phenoxy) is 1. The summed E-state index contributed by atoms with van der Waals surface area (Å²) in [5.74, 6) is -1.84. The van der Waals surface area contributed by atoms with Gasteiger partial charge >= 0.3 is 0 Å². The van der Waals surface area contributed by atoms with E-state index in [1.807, 2.05) is 36.1 Å². The summed E-state index contributed by atoms with van der Waals surface area (Å²) in [6.07, 6.45) is 0.596. The molecule has 2 N–H and O–H groups in total. The molecular formula is C29H29Cl2FN4O3. The van der Waals surface area contributed by atoms with Crippen molar-refractivity contribution in [2.45, 2.75) is 44.3 Å². The fraction of sp³-hybridized carbons (Fsp3) is 0.345. The highest BCUT2D eigenvalue weighted by Gasteiger charge is 2.63. The van der Waals surface area contributed by atoms with E-state index in [4.69, 9.17) is 27.9 Å². The second-order valence-corrected chi connectivity index (χ2v) is 10.7. The molecule has 2 fully saturated rings. The Balaban J connectivity index is 1.65. The number of pyridine rings is 1. The zero-order valence-electron chi connectivity index (χ0n) is 21.6. The van der Waals surface area contributed by atoms with Crippen molar-refractivity contribution < 1.29 is 18.7 Å². The maximum absolute atomic E-state index is 15.7. The van der Waals surface area contributed by atoms with Gasteiger partial charge in [0.1, 0.15) is 28.1 Å². The number of halogens is 3. The number of piperidine rings is 1. The second kappa shape index (κ2) is 11.1. The van der Waals surface area contributed by atoms with E-state index in [-0.39, 0.29) is 33.5 Å². The van der Waals surface area contributed by atoms with Crippen LogP contribution in [0.15, 0.2) is 60.7 Å². The van der Waals surface area contributed by atoms with Gasteiger partial charge in [0.15, 0.2) is 0 Å². The quantitative estimate of drug-likeness (QED) is 0.370. The maximum atomic E-state index is 15.7. The molecule has 0 aliphatic carbocycles. The van der Waals surface area contributed by atoms with Gasteiger partial charge in [-0.25, -0.2) is 9.37 Å². The van der Waals surface area contributed by atoms with Gasteiger partial charge in [-0.05, 0) is 61.7 Å². The number of fused-ring (bicyclic) bond motifs is 1. The van der Waals surface area contributed by atoms with Crippen molar-refractivity contribution in [3.05, 3.63) is 87.8 Å². The first-order valence-corrected chi connectivity index (χ1v) is 13.6. The zero-order valence-corrected chi connectivity index (χ0v) is 23.1. The van der Waals surface area contributed by atoms with Crippen LogP contribution in [0.4, 0.5) is 10.2 Å². The zero-order chi connectivity index (χ0) is 27.7. The number of hydrogen-bond donors (Lipinski definition) is 2. The first kappa shape index (κ1) is 27.4. The van der Waals surface area contributed by atoms with Crippen molar-refractivity contribution in [3.63, 3.8) is 0 Å². The summed E-state index contributed by atoms with van der Waals surface area (Å²) in [6.45, 7) is 4.97. The van der Waals surface area contributed by atoms with Gasteiger partial charge in [-0.1, -0.05) is 53.5 Å². The van der Waals surface area contributed by atoms with E-state index in [1.165, 1.54) is 6.07 Å². The summed E-state index contributed by atoms with van der Waals surface area (Å²) in [5.41, 5.74) is -0.247. The lowest BCUT2D eigenvalue weighted by atomic mass is 9.73. The minimum atomic E-state index is -1.37. The molecule has 3 heterocycles. The van der Waals surface area contributed by atoms with Crippen LogP contribution in [0.25, 0.3) is 0 Å². The number of carbonyl (C=O) groups excluding carboxylic acids is 2. The topological polar surface area (TPSA) is 83.6 Å². The van der Waals surface area contributed by atoms with E-state index >= 15 is 4.39 Å². The van der Waals surface area contributed by atoms with Gasteiger partial charge in [0.25, 0.3) is 0 Å². The molecule has 2 aliphatic rings. The highest BCUT2D eigenvalue weighted by Crippen LogP contribution is 2.53. The van der Waals surface area contributed by atoms with Crippen molar-refractivity contribution >= 4 is 40.8 Å². The van der Waals surface area contributed by atoms with E-state index in [0.717, 1.165) is 5.56 Å². The Bertz CT molecular complexity index is 1410. The molecule has 2 amide bonds. The van der Waals surface area contributed by atoms with Gasteiger partial charge in [0, 0.05) is 25.0 Å². The number of benzene rings is 2. The first-order chi connectivity index (χ1) is 18.7. The van der Waals surface area contributed by atoms with Crippen molar-refractivity contribution in [1.82, 2.24) is 15.2 Å². The minimum absolute atomic E-state index is 0.0672. The lowest BCUT2D eigenvalue weighted by molar-refractivity contribution is -0.128. The van der Waals surface area contributed by atoms with Crippen LogP contribution in [0.3, 0.4) is 0 Å². The number of carbonyl (C=O) groups is 2. The van der Waals surface area contributed by atoms with E-state index in [1.54, 1.807) is 37.3 Å². The summed E-state index contributed by atoms with van der Waals surface area (Å²) in [5, 5.41) is 5.97. The second-order valence-electron chi connectivity index (χ2n) is 9.95. The van der Waals surface area contributed by atoms with Crippen LogP contribution >= 0.6 is 23.2 Å². The molecule has 2 aliphatic heterocycles. The third-order valence-electron chi connectivity index (χ3n) is 7.71. The highest BCUT2D eigenvalue weighted by molar-refractivity contribution is 6.30. The summed E-state index contributed by atoms with van der Waals surface area (Å²) in [6, 6.07) is 16.9. The number of likely N-dealkylation sites (tertiary alicyclic amines) is 1. The molecule has 0 saturated carbocycles. The molecule has 0 radical (unpaired) electrons. The largest absolute Gasteiger partial charge is 0.494 e. The fourth-order valence-corrected chi connectivity index (χ4v) is 6.38. The van der Waals surface area contributed by atoms with Crippen molar-refractivity contribution in [1.29, 1.82) is 0 Å². The van der Waals surface area contributed by atoms with Crippen molar-refractivity contribution in [2.75, 3.05) is 18.5 Å². The Labute approximate surface area is 236 Å². The van der Waals surface area contributed by atoms with Crippen LogP contribution in [0.1, 0.15) is 37.3 Å². The molecule has 7 nitrogen and oxygen atoms in total. The molecule has 4 atom stereocenters. The lowest BCUT2D eigenvalue weighted by Gasteiger charge is -2.40. The molecule has 2 saturated heterocycles. The molecule has 2 aromatic carbocycles. The molecule has 0 unspecified atom stereocenters. The van der Waals surface area contributed by atoms with Gasteiger partial charge in [0.05, 0.1) is 17.5 Å². The Kier molecular flexibility index (Phi) is 7.80. The van der Waals surface area contributed by atoms with Gasteiger partial charge < -0.3 is 15.4 Å². The number of nitrogens with one attached hydrogen (secondary N) is 2. The summed E-state index contributed by atoms with van der Waals surface area (Å²) in [4.78, 5) is 34.0. The lowest BCUT2D eigenvalue weighted by Crippen LogP contribution is -2.55. The summed E-state index contributed by atoms with van der Waals surface area (Å²) < 4.78 is 21.4. The molecule has 39 heavy (non-hydrogen) atoms. The smallest absolute Gasteiger partial charge is 0.246 e. The van der Waals surface area contributed by atoms with E-state index in [9.17, 15) is 9.59 Å². The van der Waals surface area contributed by atoms with E-state index in [0.29, 0.717) is 31.9 Å². The van der Waals surface area contributed by atoms with Gasteiger partial charge in [-0.3, -0.25) is 14.5 Å². The van der Waals surface area contributed by atoms with Crippen LogP contribution < -0.4 is 15.4 Å². The number of anilines is 1. The van der Waals surface area contributed by atoms with E-state index in [2.05, 4.69) is 15.6 Å². The Hall–Kier alpha value is -3.20. The monoisotopic (exact) mass is 570 g/mol. The Morgan fingerprint density at radius 1 is 1.21 bits per heavy atom. The molecule has 0 bridgehead atoms. The molecular weight excluding hydrogens is 542 g/mol. The Morgan fingerprint density at radius 3 is 2.74 bits per heavy atom. The van der Waals surface area contributed by atoms with Crippen LogP contribution in [0.5, 0.6) is 5.75 Å². The van der Waals surface area contributed by atoms with Crippen molar-refractivity contribution in [3.8, 4) is 5.75 Å². The van der Waals surface area contributed by atoms with Gasteiger partial charge in [-0.2, -0.15) is 0 Å². The number of nitrogens with zero attached hydrogens (tertiary/aromatic N) is 2. The number of hydrogen-bond acceptors (Lipinski definition) is 5. The first-order valence-electron chi connectivity index (χ1n) is 12.9. The standard InChI is InChI=1S/C29H29Cl2FN4O3/c1-3-39-18-8-4-7-17(15-18)16-36-21-13-14-33-27(37)24(21)25(19-9-5-10-20(30)26(19)32)29(36,2)28(38)35-23-12-6-11-22(31)34-23/h4-12,15,21,24-25H,3,13-14,16H2,1-2H3,(H,33,37)(H,34,35,38)/t21-,24+,25-,29+/m0/s1. The van der Waals surface area contributed by atoms with Crippen LogP contribution in [0, 0.1) is 11.7 Å². The normalized spacial score (nSPS) is 24.6. The molecule has 10 heteroatoms. The van der Waals surface area contributed by atoms with Crippen LogP contribution in [0.2, 0.25) is 10.2 Å². The van der Waals surface area contributed by atoms with E-state index < -0.39 is 29.1 Å². The summed E-state index contributed by atoms with van der Waals surface area (Å²) in [7, 11) is 0. The molecule has 3 aromatic rings. The number of aromatic nitrogens is 1. The fourth-order valence-electron chi connectivity index (χ4n) is 6.04. The number of rotatable bonds is 7. The molecule has 5 rings (SSSR count). The Morgan fingerprint density at radius 2 is 1.97 bits per heavy atom.